The van der Waals surface area contributed by atoms with Crippen molar-refractivity contribution in [3.05, 3.63) is 58.7 Å². The van der Waals surface area contributed by atoms with E-state index in [-0.39, 0.29) is 16.5 Å². The number of nitrogens with two attached hydrogens (primary N) is 1. The Hall–Kier alpha value is -2.91. The van der Waals surface area contributed by atoms with E-state index in [1.807, 2.05) is 24.3 Å². The number of ether oxygens (including phenoxy) is 2. The van der Waals surface area contributed by atoms with Gasteiger partial charge in [0.15, 0.2) is 6.10 Å². The van der Waals surface area contributed by atoms with Crippen molar-refractivity contribution in [1.29, 1.82) is 0 Å². The van der Waals surface area contributed by atoms with Crippen molar-refractivity contribution >= 4 is 21.9 Å². The number of sulfonamides is 1. The molecule has 2 unspecified atom stereocenters. The number of nitrogens with one attached hydrogen (secondary N) is 1. The predicted molar refractivity (Wildman–Crippen MR) is 110 cm³/mol. The zero-order chi connectivity index (χ0) is 22.1. The van der Waals surface area contributed by atoms with Crippen molar-refractivity contribution in [3.8, 4) is 5.75 Å². The highest BCUT2D eigenvalue weighted by atomic mass is 32.2. The molecule has 1 amide bonds. The van der Waals surface area contributed by atoms with Crippen molar-refractivity contribution in [3.63, 3.8) is 0 Å². The van der Waals surface area contributed by atoms with Gasteiger partial charge in [0.05, 0.1) is 23.1 Å². The normalized spacial score (nSPS) is 16.7. The minimum atomic E-state index is -4.00. The Morgan fingerprint density at radius 2 is 1.93 bits per heavy atom. The Bertz CT molecular complexity index is 1100. The van der Waals surface area contributed by atoms with E-state index in [4.69, 9.17) is 14.6 Å². The van der Waals surface area contributed by atoms with Crippen LogP contribution >= 0.6 is 0 Å². The summed E-state index contributed by atoms with van der Waals surface area (Å²) in [7, 11) is -4.00. The van der Waals surface area contributed by atoms with E-state index in [9.17, 15) is 18.0 Å². The molecule has 0 bridgehead atoms. The molecule has 0 fully saturated rings. The van der Waals surface area contributed by atoms with Gasteiger partial charge in [-0.2, -0.15) is 0 Å². The summed E-state index contributed by atoms with van der Waals surface area (Å²) < 4.78 is 34.4. The van der Waals surface area contributed by atoms with Gasteiger partial charge >= 0.3 is 5.97 Å². The van der Waals surface area contributed by atoms with E-state index in [0.717, 1.165) is 5.56 Å². The smallest absolute Gasteiger partial charge is 0.338 e. The molecule has 3 rings (SSSR count). The summed E-state index contributed by atoms with van der Waals surface area (Å²) >= 11 is 0. The van der Waals surface area contributed by atoms with E-state index >= 15 is 0 Å². The first-order valence-electron chi connectivity index (χ1n) is 9.45. The van der Waals surface area contributed by atoms with Crippen LogP contribution in [0.2, 0.25) is 0 Å². The molecular formula is C21H24N2O6S. The van der Waals surface area contributed by atoms with Crippen LogP contribution in [-0.4, -0.2) is 33.0 Å². The summed E-state index contributed by atoms with van der Waals surface area (Å²) in [6.07, 6.45) is -0.481. The molecule has 2 aromatic rings. The Morgan fingerprint density at radius 3 is 2.63 bits per heavy atom. The van der Waals surface area contributed by atoms with Gasteiger partial charge in [-0.05, 0) is 50.1 Å². The lowest BCUT2D eigenvalue weighted by molar-refractivity contribution is -0.130. The molecule has 9 heteroatoms. The average Bonchev–Trinajstić information content (AvgIpc) is 2.69. The Labute approximate surface area is 175 Å². The predicted octanol–water partition coefficient (Wildman–Crippen LogP) is 2.14. The lowest BCUT2D eigenvalue weighted by atomic mass is 10.0. The van der Waals surface area contributed by atoms with Gasteiger partial charge < -0.3 is 14.8 Å². The number of carbonyl (C=O) groups excluding carboxylic acids is 2. The average molecular weight is 432 g/mol. The zero-order valence-corrected chi connectivity index (χ0v) is 17.8. The van der Waals surface area contributed by atoms with E-state index in [1.54, 1.807) is 13.8 Å². The minimum absolute atomic E-state index is 0.0122. The van der Waals surface area contributed by atoms with Crippen LogP contribution < -0.4 is 15.2 Å². The number of amides is 1. The number of esters is 1. The fraction of sp³-hybridized carbons (Fsp3) is 0.333. The first-order chi connectivity index (χ1) is 14.1. The molecular weight excluding hydrogens is 408 g/mol. The van der Waals surface area contributed by atoms with E-state index in [2.05, 4.69) is 5.32 Å². The number of para-hydroxylation sites is 1. The van der Waals surface area contributed by atoms with Gasteiger partial charge in [-0.15, -0.1) is 0 Å². The first kappa shape index (κ1) is 21.8. The van der Waals surface area contributed by atoms with Gasteiger partial charge in [0, 0.05) is 12.0 Å². The van der Waals surface area contributed by atoms with E-state index in [1.165, 1.54) is 19.1 Å². The largest absolute Gasteiger partial charge is 0.493 e. The lowest BCUT2D eigenvalue weighted by Gasteiger charge is -2.27. The molecule has 8 nitrogen and oxygen atoms in total. The number of aryl methyl sites for hydroxylation is 1. The van der Waals surface area contributed by atoms with Gasteiger partial charge in [-0.1, -0.05) is 18.2 Å². The summed E-state index contributed by atoms with van der Waals surface area (Å²) in [4.78, 5) is 25.0. The molecule has 1 aliphatic rings. The van der Waals surface area contributed by atoms with Crippen LogP contribution in [0.5, 0.6) is 5.75 Å². The standard InChI is InChI=1S/C21H24N2O6S/c1-12-10-15(11-19(13(12)2)30(22,26)27)21(25)29-14(3)20(24)23-17-8-9-28-18-7-5-4-6-16(17)18/h4-7,10-11,14,17H,8-9H2,1-3H3,(H,23,24)(H2,22,26,27). The molecule has 0 saturated carbocycles. The molecule has 1 aliphatic heterocycles. The third kappa shape index (κ3) is 4.63. The second-order valence-corrected chi connectivity index (χ2v) is 8.77. The Morgan fingerprint density at radius 1 is 1.23 bits per heavy atom. The van der Waals surface area contributed by atoms with Gasteiger partial charge in [-0.25, -0.2) is 18.4 Å². The maximum absolute atomic E-state index is 12.6. The van der Waals surface area contributed by atoms with Crippen LogP contribution in [-0.2, 0) is 19.6 Å². The fourth-order valence-electron chi connectivity index (χ4n) is 3.30. The molecule has 0 radical (unpaired) electrons. The first-order valence-corrected chi connectivity index (χ1v) is 11.0. The van der Waals surface area contributed by atoms with Crippen molar-refractivity contribution in [2.45, 2.75) is 44.2 Å². The summed E-state index contributed by atoms with van der Waals surface area (Å²) in [6, 6.07) is 9.84. The van der Waals surface area contributed by atoms with Crippen LogP contribution in [0.15, 0.2) is 41.3 Å². The third-order valence-electron chi connectivity index (χ3n) is 5.09. The molecule has 3 N–H and O–H groups in total. The van der Waals surface area contributed by atoms with Crippen LogP contribution in [0.4, 0.5) is 0 Å². The summed E-state index contributed by atoms with van der Waals surface area (Å²) in [6.45, 7) is 5.20. The molecule has 0 saturated heterocycles. The van der Waals surface area contributed by atoms with Gasteiger partial charge in [-0.3, -0.25) is 4.79 Å². The number of hydrogen-bond donors (Lipinski definition) is 2. The van der Waals surface area contributed by atoms with Gasteiger partial charge in [0.25, 0.3) is 5.91 Å². The highest BCUT2D eigenvalue weighted by Gasteiger charge is 2.27. The monoisotopic (exact) mass is 432 g/mol. The van der Waals surface area contributed by atoms with Gasteiger partial charge in [0.1, 0.15) is 5.75 Å². The number of fused-ring (bicyclic) bond motifs is 1. The van der Waals surface area contributed by atoms with Crippen LogP contribution in [0, 0.1) is 13.8 Å². The quantitative estimate of drug-likeness (QED) is 0.698. The number of hydrogen-bond acceptors (Lipinski definition) is 6. The van der Waals surface area contributed by atoms with Gasteiger partial charge in [0.2, 0.25) is 10.0 Å². The van der Waals surface area contributed by atoms with Crippen molar-refractivity contribution < 1.29 is 27.5 Å². The molecule has 0 aliphatic carbocycles. The van der Waals surface area contributed by atoms with E-state index in [0.29, 0.717) is 29.9 Å². The van der Waals surface area contributed by atoms with Crippen LogP contribution in [0.1, 0.15) is 46.4 Å². The molecule has 1 heterocycles. The Balaban J connectivity index is 1.72. The fourth-order valence-corrected chi connectivity index (χ4v) is 4.18. The Kier molecular flexibility index (Phi) is 6.14. The van der Waals surface area contributed by atoms with Crippen LogP contribution in [0.25, 0.3) is 0 Å². The molecule has 30 heavy (non-hydrogen) atoms. The van der Waals surface area contributed by atoms with Crippen molar-refractivity contribution in [1.82, 2.24) is 5.32 Å². The topological polar surface area (TPSA) is 125 Å². The summed E-state index contributed by atoms with van der Waals surface area (Å²) in [5, 5.41) is 8.11. The maximum Gasteiger partial charge on any atom is 0.338 e. The van der Waals surface area contributed by atoms with Crippen molar-refractivity contribution in [2.24, 2.45) is 5.14 Å². The SMILES string of the molecule is Cc1cc(C(=O)OC(C)C(=O)NC2CCOc3ccccc32)cc(S(N)(=O)=O)c1C. The molecule has 0 spiro atoms. The molecule has 0 aromatic heterocycles. The lowest BCUT2D eigenvalue weighted by Crippen LogP contribution is -2.39. The summed E-state index contributed by atoms with van der Waals surface area (Å²) in [5.74, 6) is -0.553. The highest BCUT2D eigenvalue weighted by molar-refractivity contribution is 7.89. The minimum Gasteiger partial charge on any atom is -0.493 e. The zero-order valence-electron chi connectivity index (χ0n) is 17.0. The van der Waals surface area contributed by atoms with Crippen molar-refractivity contribution in [2.75, 3.05) is 6.61 Å². The maximum atomic E-state index is 12.6. The second kappa shape index (κ2) is 8.45. The molecule has 160 valence electrons. The second-order valence-electron chi connectivity index (χ2n) is 7.24. The number of carbonyl (C=O) groups is 2. The molecule has 2 atom stereocenters. The summed E-state index contributed by atoms with van der Waals surface area (Å²) in [5.41, 5.74) is 1.91. The van der Waals surface area contributed by atoms with E-state index < -0.39 is 28.0 Å². The number of rotatable bonds is 5. The van der Waals surface area contributed by atoms with Crippen LogP contribution in [0.3, 0.4) is 0 Å². The molecule has 2 aromatic carbocycles. The highest BCUT2D eigenvalue weighted by Crippen LogP contribution is 2.31. The third-order valence-corrected chi connectivity index (χ3v) is 6.13. The number of primary sulfonamides is 1. The number of benzene rings is 2.